The Bertz CT molecular complexity index is 706. The van der Waals surface area contributed by atoms with E-state index < -0.39 is 15.8 Å². The number of nitrogens with one attached hydrogen (secondary N) is 1. The number of hydrogen-bond donors (Lipinski definition) is 2. The van der Waals surface area contributed by atoms with Crippen LogP contribution in [0.15, 0.2) is 35.7 Å². The number of anilines is 1. The molecular weight excluding hydrogens is 295 g/mol. The van der Waals surface area contributed by atoms with E-state index in [9.17, 15) is 12.8 Å². The molecule has 0 spiro atoms. The summed E-state index contributed by atoms with van der Waals surface area (Å²) in [6, 6.07) is 2.03. The van der Waals surface area contributed by atoms with Gasteiger partial charge in [0.1, 0.15) is 5.82 Å². The summed E-state index contributed by atoms with van der Waals surface area (Å²) in [6.07, 6.45) is 4.96. The first-order chi connectivity index (χ1) is 9.79. The number of hydrogen-bond acceptors (Lipinski definition) is 4. The molecule has 2 aromatic rings. The lowest BCUT2D eigenvalue weighted by Crippen LogP contribution is -2.35. The summed E-state index contributed by atoms with van der Waals surface area (Å²) in [6.45, 7) is 3.64. The summed E-state index contributed by atoms with van der Waals surface area (Å²) in [4.78, 5) is 3.85. The molecule has 1 unspecified atom stereocenters. The van der Waals surface area contributed by atoms with E-state index in [1.54, 1.807) is 30.2 Å². The summed E-state index contributed by atoms with van der Waals surface area (Å²) in [7, 11) is -3.75. The van der Waals surface area contributed by atoms with Gasteiger partial charge in [-0.15, -0.1) is 0 Å². The number of sulfonamides is 1. The first-order valence-electron chi connectivity index (χ1n) is 6.33. The number of aromatic nitrogens is 2. The van der Waals surface area contributed by atoms with Gasteiger partial charge in [-0.25, -0.2) is 22.5 Å². The Balaban J connectivity index is 2.18. The highest BCUT2D eigenvalue weighted by Crippen LogP contribution is 2.21. The molecule has 0 bridgehead atoms. The van der Waals surface area contributed by atoms with Crippen LogP contribution in [0.4, 0.5) is 10.1 Å². The Hall–Kier alpha value is -1.93. The second-order valence-electron chi connectivity index (χ2n) is 4.93. The first kappa shape index (κ1) is 15.5. The molecule has 114 valence electrons. The van der Waals surface area contributed by atoms with E-state index in [-0.39, 0.29) is 22.2 Å². The van der Waals surface area contributed by atoms with Crippen LogP contribution >= 0.6 is 0 Å². The van der Waals surface area contributed by atoms with Crippen LogP contribution in [0.1, 0.15) is 12.5 Å². The number of benzene rings is 1. The topological polar surface area (TPSA) is 90.0 Å². The van der Waals surface area contributed by atoms with Crippen molar-refractivity contribution >= 4 is 15.7 Å². The van der Waals surface area contributed by atoms with Crippen LogP contribution in [0.5, 0.6) is 0 Å². The Labute approximate surface area is 122 Å². The number of nitrogen functional groups attached to an aromatic ring is 1. The van der Waals surface area contributed by atoms with Crippen LogP contribution in [-0.4, -0.2) is 24.0 Å². The third kappa shape index (κ3) is 3.59. The molecule has 8 heteroatoms. The first-order valence-corrected chi connectivity index (χ1v) is 7.81. The maximum Gasteiger partial charge on any atom is 0.240 e. The fourth-order valence-electron chi connectivity index (χ4n) is 2.00. The predicted octanol–water partition coefficient (Wildman–Crippen LogP) is 1.28. The Morgan fingerprint density at radius 1 is 1.48 bits per heavy atom. The molecule has 0 aliphatic carbocycles. The van der Waals surface area contributed by atoms with Crippen molar-refractivity contribution in [2.75, 3.05) is 5.73 Å². The van der Waals surface area contributed by atoms with E-state index >= 15 is 0 Å². The number of rotatable bonds is 5. The van der Waals surface area contributed by atoms with E-state index in [2.05, 4.69) is 9.71 Å². The second kappa shape index (κ2) is 5.82. The lowest BCUT2D eigenvalue weighted by molar-refractivity contribution is 0.520. The van der Waals surface area contributed by atoms with Crippen LogP contribution < -0.4 is 10.5 Å². The van der Waals surface area contributed by atoms with Crippen LogP contribution in [-0.2, 0) is 16.6 Å². The minimum absolute atomic E-state index is 0.0450. The molecule has 0 radical (unpaired) electrons. The zero-order valence-electron chi connectivity index (χ0n) is 11.7. The van der Waals surface area contributed by atoms with Crippen molar-refractivity contribution in [2.24, 2.45) is 0 Å². The fourth-order valence-corrected chi connectivity index (χ4v) is 3.35. The van der Waals surface area contributed by atoms with Gasteiger partial charge >= 0.3 is 0 Å². The molecule has 2 rings (SSSR count). The molecule has 1 aromatic heterocycles. The van der Waals surface area contributed by atoms with Gasteiger partial charge in [0, 0.05) is 25.0 Å². The van der Waals surface area contributed by atoms with Crippen molar-refractivity contribution in [3.05, 3.63) is 42.2 Å². The van der Waals surface area contributed by atoms with E-state index in [4.69, 9.17) is 5.73 Å². The summed E-state index contributed by atoms with van der Waals surface area (Å²) in [5.41, 5.74) is 5.49. The van der Waals surface area contributed by atoms with Gasteiger partial charge in [-0.3, -0.25) is 0 Å². The lowest BCUT2D eigenvalue weighted by atomic mass is 10.2. The molecule has 3 N–H and O–H groups in total. The van der Waals surface area contributed by atoms with Crippen molar-refractivity contribution in [1.82, 2.24) is 14.3 Å². The van der Waals surface area contributed by atoms with Crippen LogP contribution in [0, 0.1) is 12.7 Å². The van der Waals surface area contributed by atoms with Gasteiger partial charge in [0.15, 0.2) is 0 Å². The molecule has 0 saturated heterocycles. The molecule has 21 heavy (non-hydrogen) atoms. The smallest absolute Gasteiger partial charge is 0.240 e. The van der Waals surface area contributed by atoms with Gasteiger partial charge in [-0.2, -0.15) is 0 Å². The van der Waals surface area contributed by atoms with Gasteiger partial charge in [0.25, 0.3) is 0 Å². The average molecular weight is 312 g/mol. The fraction of sp³-hybridized carbons (Fsp3) is 0.308. The Kier molecular flexibility index (Phi) is 4.29. The third-order valence-electron chi connectivity index (χ3n) is 2.97. The highest BCUT2D eigenvalue weighted by Gasteiger charge is 2.20. The molecule has 1 aromatic carbocycles. The zero-order chi connectivity index (χ0) is 15.6. The van der Waals surface area contributed by atoms with Crippen LogP contribution in [0.3, 0.4) is 0 Å². The molecule has 1 heterocycles. The predicted molar refractivity (Wildman–Crippen MR) is 77.6 cm³/mol. The molecule has 1 atom stereocenters. The van der Waals surface area contributed by atoms with Gasteiger partial charge in [0.2, 0.25) is 10.0 Å². The Morgan fingerprint density at radius 2 is 2.19 bits per heavy atom. The summed E-state index contributed by atoms with van der Waals surface area (Å²) < 4.78 is 42.3. The highest BCUT2D eigenvalue weighted by atomic mass is 32.2. The second-order valence-corrected chi connectivity index (χ2v) is 6.64. The van der Waals surface area contributed by atoms with Crippen LogP contribution in [0.2, 0.25) is 0 Å². The zero-order valence-corrected chi connectivity index (χ0v) is 12.6. The Morgan fingerprint density at radius 3 is 2.76 bits per heavy atom. The van der Waals surface area contributed by atoms with Crippen molar-refractivity contribution < 1.29 is 12.8 Å². The maximum atomic E-state index is 13.5. The van der Waals surface area contributed by atoms with Crippen molar-refractivity contribution in [3.63, 3.8) is 0 Å². The van der Waals surface area contributed by atoms with Crippen molar-refractivity contribution in [2.45, 2.75) is 31.3 Å². The number of halogens is 1. The van der Waals surface area contributed by atoms with E-state index in [1.165, 1.54) is 13.0 Å². The number of imidazole rings is 1. The summed E-state index contributed by atoms with van der Waals surface area (Å²) >= 11 is 0. The quantitative estimate of drug-likeness (QED) is 0.814. The normalized spacial score (nSPS) is 13.3. The maximum absolute atomic E-state index is 13.5. The third-order valence-corrected chi connectivity index (χ3v) is 4.54. The van der Waals surface area contributed by atoms with Gasteiger partial charge < -0.3 is 10.3 Å². The monoisotopic (exact) mass is 312 g/mol. The summed E-state index contributed by atoms with van der Waals surface area (Å²) in [5, 5.41) is 0. The standard InChI is InChI=1S/C13H17FN4O2S/c1-9-5-11(6-12(15)13(9)14)21(19,20)17-10(2)7-18-4-3-16-8-18/h3-6,8,10,17H,7,15H2,1-2H3. The van der Waals surface area contributed by atoms with Crippen LogP contribution in [0.25, 0.3) is 0 Å². The van der Waals surface area contributed by atoms with Gasteiger partial charge in [-0.1, -0.05) is 0 Å². The molecular formula is C13H17FN4O2S. The van der Waals surface area contributed by atoms with Crippen molar-refractivity contribution in [1.29, 1.82) is 0 Å². The summed E-state index contributed by atoms with van der Waals surface area (Å²) in [5.74, 6) is -0.597. The highest BCUT2D eigenvalue weighted by molar-refractivity contribution is 7.89. The number of nitrogens with two attached hydrogens (primary N) is 1. The van der Waals surface area contributed by atoms with Gasteiger partial charge in [0.05, 0.1) is 16.9 Å². The largest absolute Gasteiger partial charge is 0.396 e. The molecule has 0 fully saturated rings. The molecule has 0 aliphatic rings. The lowest BCUT2D eigenvalue weighted by Gasteiger charge is -2.15. The van der Waals surface area contributed by atoms with E-state index in [1.807, 2.05) is 0 Å². The number of aryl methyl sites for hydroxylation is 1. The molecule has 6 nitrogen and oxygen atoms in total. The van der Waals surface area contributed by atoms with E-state index in [0.717, 1.165) is 6.07 Å². The molecule has 0 aliphatic heterocycles. The molecule has 0 amide bonds. The minimum Gasteiger partial charge on any atom is -0.396 e. The average Bonchev–Trinajstić information content (AvgIpc) is 2.87. The van der Waals surface area contributed by atoms with Gasteiger partial charge in [-0.05, 0) is 31.5 Å². The number of nitrogens with zero attached hydrogens (tertiary/aromatic N) is 2. The van der Waals surface area contributed by atoms with Crippen molar-refractivity contribution in [3.8, 4) is 0 Å². The molecule has 0 saturated carbocycles. The van der Waals surface area contributed by atoms with E-state index in [0.29, 0.717) is 6.54 Å². The minimum atomic E-state index is -3.75. The SMILES string of the molecule is Cc1cc(S(=O)(=O)NC(C)Cn2ccnc2)cc(N)c1F.